The Labute approximate surface area is 125 Å². The Kier molecular flexibility index (Phi) is 4.48. The van der Waals surface area contributed by atoms with E-state index >= 15 is 0 Å². The van der Waals surface area contributed by atoms with Crippen LogP contribution in [0.1, 0.15) is 12.0 Å². The molecule has 1 aliphatic heterocycles. The summed E-state index contributed by atoms with van der Waals surface area (Å²) in [4.78, 5) is 10.6. The maximum absolute atomic E-state index is 13.0. The number of hydrogen-bond donors (Lipinski definition) is 1. The van der Waals surface area contributed by atoms with Crippen LogP contribution in [-0.4, -0.2) is 39.3 Å². The minimum absolute atomic E-state index is 0.103. The van der Waals surface area contributed by atoms with Gasteiger partial charge in [0.25, 0.3) is 0 Å². The molecule has 5 nitrogen and oxygen atoms in total. The van der Waals surface area contributed by atoms with Crippen molar-refractivity contribution in [1.82, 2.24) is 5.32 Å². The first-order valence-electron chi connectivity index (χ1n) is 6.39. The number of ether oxygens (including phenoxy) is 1. The second-order valence-corrected chi connectivity index (χ2v) is 7.08. The van der Waals surface area contributed by atoms with Gasteiger partial charge in [-0.3, -0.25) is 4.79 Å². The zero-order valence-electron chi connectivity index (χ0n) is 11.6. The zero-order chi connectivity index (χ0) is 16.5. The minimum atomic E-state index is -4.77. The lowest BCUT2D eigenvalue weighted by Crippen LogP contribution is -2.31. The molecule has 1 heterocycles. The third kappa shape index (κ3) is 3.09. The molecule has 122 valence electrons. The Morgan fingerprint density at radius 2 is 1.95 bits per heavy atom. The van der Waals surface area contributed by atoms with Crippen molar-refractivity contribution >= 4 is 15.8 Å². The fourth-order valence-electron chi connectivity index (χ4n) is 2.39. The molecule has 1 saturated heterocycles. The van der Waals surface area contributed by atoms with E-state index in [4.69, 9.17) is 0 Å². The van der Waals surface area contributed by atoms with Crippen molar-refractivity contribution in [2.45, 2.75) is 28.8 Å². The third-order valence-corrected chi connectivity index (χ3v) is 5.72. The van der Waals surface area contributed by atoms with E-state index in [1.807, 2.05) is 0 Å². The van der Waals surface area contributed by atoms with Gasteiger partial charge in [-0.15, -0.1) is 0 Å². The molecular formula is C13H14F3NO4S. The molecule has 1 aliphatic rings. The molecule has 1 aromatic rings. The average Bonchev–Trinajstić information content (AvgIpc) is 2.96. The van der Waals surface area contributed by atoms with Gasteiger partial charge < -0.3 is 10.1 Å². The van der Waals surface area contributed by atoms with Crippen LogP contribution >= 0.6 is 0 Å². The maximum Gasteiger partial charge on any atom is 0.417 e. The van der Waals surface area contributed by atoms with Gasteiger partial charge in [0.1, 0.15) is 6.04 Å². The van der Waals surface area contributed by atoms with Crippen LogP contribution in [0.4, 0.5) is 13.2 Å². The molecule has 0 spiro atoms. The Hall–Kier alpha value is -1.61. The van der Waals surface area contributed by atoms with Gasteiger partial charge in [0, 0.05) is 6.54 Å². The first kappa shape index (κ1) is 16.8. The molecule has 1 aromatic carbocycles. The molecule has 0 amide bonds. The lowest BCUT2D eigenvalue weighted by molar-refractivity contribution is -0.142. The number of benzene rings is 1. The number of sulfone groups is 1. The predicted molar refractivity (Wildman–Crippen MR) is 70.8 cm³/mol. The van der Waals surface area contributed by atoms with Crippen LogP contribution < -0.4 is 5.32 Å². The van der Waals surface area contributed by atoms with Gasteiger partial charge in [-0.1, -0.05) is 12.1 Å². The first-order chi connectivity index (χ1) is 10.2. The maximum atomic E-state index is 13.0. The Morgan fingerprint density at radius 3 is 2.55 bits per heavy atom. The third-order valence-electron chi connectivity index (χ3n) is 3.51. The predicted octanol–water partition coefficient (Wildman–Crippen LogP) is 1.38. The van der Waals surface area contributed by atoms with E-state index < -0.39 is 43.7 Å². The van der Waals surface area contributed by atoms with Crippen molar-refractivity contribution in [3.63, 3.8) is 0 Å². The van der Waals surface area contributed by atoms with Crippen molar-refractivity contribution in [3.8, 4) is 0 Å². The molecule has 0 aliphatic carbocycles. The Balaban J connectivity index is 2.35. The minimum Gasteiger partial charge on any atom is -0.468 e. The van der Waals surface area contributed by atoms with Crippen LogP contribution in [0, 0.1) is 0 Å². The number of carbonyl (C=O) groups is 1. The zero-order valence-corrected chi connectivity index (χ0v) is 12.4. The molecule has 0 bridgehead atoms. The summed E-state index contributed by atoms with van der Waals surface area (Å²) in [5, 5.41) is 1.55. The highest BCUT2D eigenvalue weighted by molar-refractivity contribution is 7.92. The summed E-state index contributed by atoms with van der Waals surface area (Å²) >= 11 is 0. The van der Waals surface area contributed by atoms with Crippen LogP contribution in [0.2, 0.25) is 0 Å². The van der Waals surface area contributed by atoms with E-state index in [2.05, 4.69) is 10.1 Å². The Bertz CT molecular complexity index is 672. The standard InChI is InChI=1S/C13H14F3NO4S/c1-21-12(18)10-6-8(7-17-10)22(19,20)11-5-3-2-4-9(11)13(14,15)16/h2-5,8,10,17H,6-7H2,1H3. The second kappa shape index (κ2) is 5.88. The Morgan fingerprint density at radius 1 is 1.32 bits per heavy atom. The number of methoxy groups -OCH3 is 1. The molecular weight excluding hydrogens is 323 g/mol. The molecule has 2 rings (SSSR count). The van der Waals surface area contributed by atoms with Gasteiger partial charge in [0.2, 0.25) is 0 Å². The van der Waals surface area contributed by atoms with E-state index in [1.54, 1.807) is 0 Å². The molecule has 2 atom stereocenters. The summed E-state index contributed by atoms with van der Waals surface area (Å²) in [5.41, 5.74) is -1.20. The fourth-order valence-corrected chi connectivity index (χ4v) is 4.27. The van der Waals surface area contributed by atoms with E-state index in [-0.39, 0.29) is 13.0 Å². The SMILES string of the molecule is COC(=O)C1CC(S(=O)(=O)c2ccccc2C(F)(F)F)CN1. The fraction of sp³-hybridized carbons (Fsp3) is 0.462. The van der Waals surface area contributed by atoms with Gasteiger partial charge in [-0.2, -0.15) is 13.2 Å². The number of esters is 1. The highest BCUT2D eigenvalue weighted by Crippen LogP contribution is 2.36. The number of nitrogens with one attached hydrogen (secondary N) is 1. The van der Waals surface area contributed by atoms with Gasteiger partial charge in [-0.25, -0.2) is 8.42 Å². The van der Waals surface area contributed by atoms with Crippen molar-refractivity contribution < 1.29 is 31.1 Å². The topological polar surface area (TPSA) is 72.5 Å². The lowest BCUT2D eigenvalue weighted by Gasteiger charge is -2.16. The van der Waals surface area contributed by atoms with Crippen LogP contribution in [0.3, 0.4) is 0 Å². The molecule has 1 N–H and O–H groups in total. The normalized spacial score (nSPS) is 22.5. The number of alkyl halides is 3. The highest BCUT2D eigenvalue weighted by atomic mass is 32.2. The van der Waals surface area contributed by atoms with E-state index in [9.17, 15) is 26.4 Å². The monoisotopic (exact) mass is 337 g/mol. The number of halogens is 3. The van der Waals surface area contributed by atoms with E-state index in [1.165, 1.54) is 6.07 Å². The summed E-state index contributed by atoms with van der Waals surface area (Å²) in [6.45, 7) is -0.103. The summed E-state index contributed by atoms with van der Waals surface area (Å²) in [6, 6.07) is 3.20. The molecule has 0 radical (unpaired) electrons. The van der Waals surface area contributed by atoms with Gasteiger partial charge in [-0.05, 0) is 18.6 Å². The summed E-state index contributed by atoms with van der Waals surface area (Å²) < 4.78 is 68.3. The summed E-state index contributed by atoms with van der Waals surface area (Å²) in [7, 11) is -3.06. The van der Waals surface area contributed by atoms with Crippen molar-refractivity contribution in [3.05, 3.63) is 29.8 Å². The molecule has 1 fully saturated rings. The second-order valence-electron chi connectivity index (χ2n) is 4.88. The lowest BCUT2D eigenvalue weighted by atomic mass is 10.2. The summed E-state index contributed by atoms with van der Waals surface area (Å²) in [6.07, 6.45) is -4.89. The number of carbonyl (C=O) groups excluding carboxylic acids is 1. The van der Waals surface area contributed by atoms with Crippen LogP contribution in [0.25, 0.3) is 0 Å². The van der Waals surface area contributed by atoms with Gasteiger partial charge in [0.05, 0.1) is 22.8 Å². The first-order valence-corrected chi connectivity index (χ1v) is 7.94. The van der Waals surface area contributed by atoms with Crippen LogP contribution in [0.5, 0.6) is 0 Å². The quantitative estimate of drug-likeness (QED) is 0.844. The van der Waals surface area contributed by atoms with Crippen molar-refractivity contribution in [1.29, 1.82) is 0 Å². The molecule has 0 saturated carbocycles. The molecule has 9 heteroatoms. The van der Waals surface area contributed by atoms with E-state index in [0.29, 0.717) is 0 Å². The van der Waals surface area contributed by atoms with Gasteiger partial charge in [0.15, 0.2) is 9.84 Å². The van der Waals surface area contributed by atoms with Crippen molar-refractivity contribution in [2.75, 3.05) is 13.7 Å². The molecule has 2 unspecified atom stereocenters. The average molecular weight is 337 g/mol. The van der Waals surface area contributed by atoms with Crippen LogP contribution in [-0.2, 0) is 25.5 Å². The number of hydrogen-bond acceptors (Lipinski definition) is 5. The molecule has 0 aromatic heterocycles. The summed E-state index contributed by atoms with van der Waals surface area (Å²) in [5.74, 6) is -0.637. The van der Waals surface area contributed by atoms with Gasteiger partial charge >= 0.3 is 12.1 Å². The van der Waals surface area contributed by atoms with E-state index in [0.717, 1.165) is 25.3 Å². The van der Waals surface area contributed by atoms with Crippen LogP contribution in [0.15, 0.2) is 29.2 Å². The smallest absolute Gasteiger partial charge is 0.417 e. The largest absolute Gasteiger partial charge is 0.468 e. The highest BCUT2D eigenvalue weighted by Gasteiger charge is 2.43. The van der Waals surface area contributed by atoms with Crippen molar-refractivity contribution in [2.24, 2.45) is 0 Å². The molecule has 22 heavy (non-hydrogen) atoms. The number of rotatable bonds is 3.